The van der Waals surface area contributed by atoms with Gasteiger partial charge in [0.25, 0.3) is 0 Å². The molecule has 1 heterocycles. The molecule has 1 rings (SSSR count). The standard InChI is InChI=1S/C15H31N3O/c1-6-17(5)14(19)12-18-9-7-13(8-10-18)11-16-15(2,3)4/h13,16H,6-12H2,1-5H3. The molecule has 19 heavy (non-hydrogen) atoms. The highest BCUT2D eigenvalue weighted by Gasteiger charge is 2.22. The second kappa shape index (κ2) is 7.25. The smallest absolute Gasteiger partial charge is 0.236 e. The number of nitrogens with zero attached hydrogens (tertiary/aromatic N) is 2. The quantitative estimate of drug-likeness (QED) is 0.823. The zero-order valence-corrected chi connectivity index (χ0v) is 13.3. The van der Waals surface area contributed by atoms with Crippen molar-refractivity contribution in [1.29, 1.82) is 0 Å². The Balaban J connectivity index is 2.24. The normalized spacial score (nSPS) is 18.6. The molecule has 0 radical (unpaired) electrons. The van der Waals surface area contributed by atoms with Gasteiger partial charge in [0.15, 0.2) is 0 Å². The first-order valence-electron chi connectivity index (χ1n) is 7.53. The first-order valence-corrected chi connectivity index (χ1v) is 7.53. The molecule has 112 valence electrons. The third-order valence-electron chi connectivity index (χ3n) is 3.89. The molecule has 0 bridgehead atoms. The molecule has 0 aromatic carbocycles. The van der Waals surface area contributed by atoms with Gasteiger partial charge in [0.05, 0.1) is 6.54 Å². The van der Waals surface area contributed by atoms with E-state index in [0.717, 1.165) is 32.1 Å². The van der Waals surface area contributed by atoms with Crippen LogP contribution in [0.4, 0.5) is 0 Å². The topological polar surface area (TPSA) is 35.6 Å². The predicted molar refractivity (Wildman–Crippen MR) is 80.2 cm³/mol. The largest absolute Gasteiger partial charge is 0.345 e. The minimum absolute atomic E-state index is 0.205. The molecule has 1 saturated heterocycles. The van der Waals surface area contributed by atoms with Gasteiger partial charge in [-0.25, -0.2) is 0 Å². The van der Waals surface area contributed by atoms with Crippen LogP contribution in [-0.4, -0.2) is 61.0 Å². The fourth-order valence-corrected chi connectivity index (χ4v) is 2.29. The maximum atomic E-state index is 11.9. The van der Waals surface area contributed by atoms with Gasteiger partial charge >= 0.3 is 0 Å². The molecule has 0 aromatic heterocycles. The Hall–Kier alpha value is -0.610. The maximum absolute atomic E-state index is 11.9. The molecule has 0 atom stereocenters. The van der Waals surface area contributed by atoms with Crippen LogP contribution < -0.4 is 5.32 Å². The summed E-state index contributed by atoms with van der Waals surface area (Å²) in [6.07, 6.45) is 2.40. The Bertz CT molecular complexity index is 278. The lowest BCUT2D eigenvalue weighted by Gasteiger charge is -2.34. The van der Waals surface area contributed by atoms with Crippen molar-refractivity contribution in [3.8, 4) is 0 Å². The molecule has 4 nitrogen and oxygen atoms in total. The fourth-order valence-electron chi connectivity index (χ4n) is 2.29. The predicted octanol–water partition coefficient (Wildman–Crippen LogP) is 1.56. The van der Waals surface area contributed by atoms with Crippen LogP contribution in [0, 0.1) is 5.92 Å². The van der Waals surface area contributed by atoms with Crippen LogP contribution in [0.25, 0.3) is 0 Å². The molecule has 4 heteroatoms. The third kappa shape index (κ3) is 6.39. The van der Waals surface area contributed by atoms with E-state index < -0.39 is 0 Å². The van der Waals surface area contributed by atoms with Crippen LogP contribution in [0.5, 0.6) is 0 Å². The monoisotopic (exact) mass is 269 g/mol. The van der Waals surface area contributed by atoms with Crippen molar-refractivity contribution in [3.63, 3.8) is 0 Å². The number of rotatable bonds is 5. The summed E-state index contributed by atoms with van der Waals surface area (Å²) in [5.74, 6) is 1.00. The lowest BCUT2D eigenvalue weighted by molar-refractivity contribution is -0.131. The lowest BCUT2D eigenvalue weighted by Crippen LogP contribution is -2.45. The molecular formula is C15H31N3O. The lowest BCUT2D eigenvalue weighted by atomic mass is 9.95. The molecule has 0 saturated carbocycles. The van der Waals surface area contributed by atoms with Crippen molar-refractivity contribution >= 4 is 5.91 Å². The first kappa shape index (κ1) is 16.4. The summed E-state index contributed by atoms with van der Waals surface area (Å²) in [6, 6.07) is 0. The molecule has 0 aromatic rings. The van der Waals surface area contributed by atoms with Gasteiger partial charge in [-0.05, 0) is 66.1 Å². The summed E-state index contributed by atoms with van der Waals surface area (Å²) in [4.78, 5) is 15.9. The first-order chi connectivity index (χ1) is 8.81. The molecule has 1 fully saturated rings. The summed E-state index contributed by atoms with van der Waals surface area (Å²) < 4.78 is 0. The number of amides is 1. The minimum atomic E-state index is 0.205. The fraction of sp³-hybridized carbons (Fsp3) is 0.933. The SMILES string of the molecule is CCN(C)C(=O)CN1CCC(CNC(C)(C)C)CC1. The van der Waals surface area contributed by atoms with Gasteiger partial charge in [0.2, 0.25) is 5.91 Å². The maximum Gasteiger partial charge on any atom is 0.236 e. The summed E-state index contributed by atoms with van der Waals surface area (Å²) in [5, 5.41) is 3.58. The number of likely N-dealkylation sites (N-methyl/N-ethyl adjacent to an activating group) is 1. The van der Waals surface area contributed by atoms with Crippen molar-refractivity contribution in [2.75, 3.05) is 39.8 Å². The van der Waals surface area contributed by atoms with E-state index in [0.29, 0.717) is 6.54 Å². The third-order valence-corrected chi connectivity index (χ3v) is 3.89. The van der Waals surface area contributed by atoms with E-state index in [9.17, 15) is 4.79 Å². The number of carbonyl (C=O) groups is 1. The summed E-state index contributed by atoms with van der Waals surface area (Å²) >= 11 is 0. The summed E-state index contributed by atoms with van der Waals surface area (Å²) in [5.41, 5.74) is 0.205. The average Bonchev–Trinajstić information content (AvgIpc) is 2.36. The highest BCUT2D eigenvalue weighted by atomic mass is 16.2. The van der Waals surface area contributed by atoms with Crippen molar-refractivity contribution in [1.82, 2.24) is 15.1 Å². The van der Waals surface area contributed by atoms with E-state index in [1.54, 1.807) is 4.90 Å². The average molecular weight is 269 g/mol. The van der Waals surface area contributed by atoms with Gasteiger partial charge in [-0.3, -0.25) is 9.69 Å². The molecule has 0 spiro atoms. The highest BCUT2D eigenvalue weighted by molar-refractivity contribution is 5.77. The van der Waals surface area contributed by atoms with Gasteiger partial charge in [0, 0.05) is 19.1 Å². The Kier molecular flexibility index (Phi) is 6.27. The van der Waals surface area contributed by atoms with E-state index >= 15 is 0 Å². The molecule has 0 unspecified atom stereocenters. The van der Waals surface area contributed by atoms with Gasteiger partial charge in [0.1, 0.15) is 0 Å². The second-order valence-corrected chi connectivity index (χ2v) is 6.76. The van der Waals surface area contributed by atoms with Crippen LogP contribution in [0.1, 0.15) is 40.5 Å². The van der Waals surface area contributed by atoms with Crippen LogP contribution in [0.2, 0.25) is 0 Å². The summed E-state index contributed by atoms with van der Waals surface area (Å²) in [7, 11) is 1.88. The van der Waals surface area contributed by atoms with Crippen molar-refractivity contribution in [2.45, 2.75) is 46.1 Å². The second-order valence-electron chi connectivity index (χ2n) is 6.76. The van der Waals surface area contributed by atoms with Crippen LogP contribution in [0.15, 0.2) is 0 Å². The Morgan fingerprint density at radius 3 is 2.37 bits per heavy atom. The Morgan fingerprint density at radius 1 is 1.32 bits per heavy atom. The zero-order chi connectivity index (χ0) is 14.5. The van der Waals surface area contributed by atoms with Crippen LogP contribution >= 0.6 is 0 Å². The van der Waals surface area contributed by atoms with Gasteiger partial charge < -0.3 is 10.2 Å². The van der Waals surface area contributed by atoms with E-state index in [1.165, 1.54) is 12.8 Å². The van der Waals surface area contributed by atoms with Crippen molar-refractivity contribution in [2.24, 2.45) is 5.92 Å². The Labute approximate surface area is 118 Å². The number of nitrogens with one attached hydrogen (secondary N) is 1. The van der Waals surface area contributed by atoms with E-state index in [1.807, 2.05) is 14.0 Å². The number of carbonyl (C=O) groups excluding carboxylic acids is 1. The molecule has 1 N–H and O–H groups in total. The number of likely N-dealkylation sites (tertiary alicyclic amines) is 1. The van der Waals surface area contributed by atoms with Gasteiger partial charge in [-0.2, -0.15) is 0 Å². The zero-order valence-electron chi connectivity index (χ0n) is 13.3. The molecule has 1 amide bonds. The molecular weight excluding hydrogens is 238 g/mol. The van der Waals surface area contributed by atoms with E-state index in [4.69, 9.17) is 0 Å². The van der Waals surface area contributed by atoms with Gasteiger partial charge in [-0.1, -0.05) is 0 Å². The number of hydrogen-bond donors (Lipinski definition) is 1. The van der Waals surface area contributed by atoms with Gasteiger partial charge in [-0.15, -0.1) is 0 Å². The number of hydrogen-bond acceptors (Lipinski definition) is 3. The van der Waals surface area contributed by atoms with E-state index in [-0.39, 0.29) is 11.4 Å². The van der Waals surface area contributed by atoms with Crippen molar-refractivity contribution < 1.29 is 4.79 Å². The molecule has 1 aliphatic heterocycles. The molecule has 0 aliphatic carbocycles. The summed E-state index contributed by atoms with van der Waals surface area (Å²) in [6.45, 7) is 13.2. The Morgan fingerprint density at radius 2 is 1.89 bits per heavy atom. The van der Waals surface area contributed by atoms with E-state index in [2.05, 4.69) is 31.0 Å². The number of piperidine rings is 1. The highest BCUT2D eigenvalue weighted by Crippen LogP contribution is 2.17. The minimum Gasteiger partial charge on any atom is -0.345 e. The van der Waals surface area contributed by atoms with Crippen LogP contribution in [-0.2, 0) is 4.79 Å². The van der Waals surface area contributed by atoms with Crippen LogP contribution in [0.3, 0.4) is 0 Å². The van der Waals surface area contributed by atoms with Crippen molar-refractivity contribution in [3.05, 3.63) is 0 Å². The molecule has 1 aliphatic rings.